The van der Waals surface area contributed by atoms with Gasteiger partial charge in [0.2, 0.25) is 0 Å². The molecule has 1 aliphatic rings. The van der Waals surface area contributed by atoms with Crippen LogP contribution in [0.5, 0.6) is 5.75 Å². The van der Waals surface area contributed by atoms with Gasteiger partial charge in [0, 0.05) is 24.0 Å². The van der Waals surface area contributed by atoms with Gasteiger partial charge in [-0.3, -0.25) is 0 Å². The molecule has 2 aromatic rings. The number of thiol groups is 1. The summed E-state index contributed by atoms with van der Waals surface area (Å²) < 4.78 is 21.9. The van der Waals surface area contributed by atoms with Gasteiger partial charge in [0.25, 0.3) is 0 Å². The molecule has 0 unspecified atom stereocenters. The fourth-order valence-electron chi connectivity index (χ4n) is 2.92. The van der Waals surface area contributed by atoms with Crippen molar-refractivity contribution in [1.82, 2.24) is 0 Å². The fraction of sp³-hybridized carbons (Fsp3) is 0.474. The summed E-state index contributed by atoms with van der Waals surface area (Å²) >= 11 is 0. The maximum atomic E-state index is 5.96. The van der Waals surface area contributed by atoms with Crippen molar-refractivity contribution in [2.45, 2.75) is 4.90 Å². The molecule has 1 aliphatic heterocycles. The Labute approximate surface area is 146 Å². The zero-order chi connectivity index (χ0) is 16.6. The summed E-state index contributed by atoms with van der Waals surface area (Å²) in [5, 5.41) is 2.52. The summed E-state index contributed by atoms with van der Waals surface area (Å²) in [5.41, 5.74) is 0. The number of fused-ring (bicyclic) bond motifs is 1. The molecule has 5 heteroatoms. The van der Waals surface area contributed by atoms with Gasteiger partial charge in [0.1, 0.15) is 12.4 Å². The predicted molar refractivity (Wildman–Crippen MR) is 99.9 cm³/mol. The van der Waals surface area contributed by atoms with E-state index >= 15 is 0 Å². The van der Waals surface area contributed by atoms with E-state index in [1.807, 2.05) is 0 Å². The zero-order valence-electron chi connectivity index (χ0n) is 14.2. The Hall–Kier alpha value is -1.27. The van der Waals surface area contributed by atoms with Crippen LogP contribution in [0.3, 0.4) is 0 Å². The second kappa shape index (κ2) is 9.28. The van der Waals surface area contributed by atoms with E-state index in [4.69, 9.17) is 18.9 Å². The third-order valence-corrected chi connectivity index (χ3v) is 6.65. The highest BCUT2D eigenvalue weighted by molar-refractivity contribution is 8.17. The average Bonchev–Trinajstić information content (AvgIpc) is 2.65. The molecule has 0 aromatic heterocycles. The van der Waals surface area contributed by atoms with E-state index in [-0.39, 0.29) is 10.9 Å². The SMILES string of the molecule is COCCOCCOc1ccc([SH]2CCOCC2)c2ccccc12. The summed E-state index contributed by atoms with van der Waals surface area (Å²) in [7, 11) is 1.55. The van der Waals surface area contributed by atoms with Crippen LogP contribution < -0.4 is 4.74 Å². The van der Waals surface area contributed by atoms with Gasteiger partial charge in [0.15, 0.2) is 0 Å². The Balaban J connectivity index is 1.71. The second-order valence-corrected chi connectivity index (χ2v) is 8.14. The summed E-state index contributed by atoms with van der Waals surface area (Å²) in [4.78, 5) is 1.48. The number of hydrogen-bond donors (Lipinski definition) is 1. The van der Waals surface area contributed by atoms with E-state index in [1.54, 1.807) is 7.11 Å². The summed E-state index contributed by atoms with van der Waals surface area (Å²) in [6, 6.07) is 12.9. The van der Waals surface area contributed by atoms with E-state index < -0.39 is 0 Å². The molecule has 2 aromatic carbocycles. The number of methoxy groups -OCH3 is 1. The topological polar surface area (TPSA) is 36.9 Å². The molecular weight excluding hydrogens is 324 g/mol. The Morgan fingerprint density at radius 3 is 2.46 bits per heavy atom. The first-order valence-corrected chi connectivity index (χ1v) is 10.2. The van der Waals surface area contributed by atoms with Crippen LogP contribution in [0.4, 0.5) is 0 Å². The van der Waals surface area contributed by atoms with Crippen molar-refractivity contribution in [3.8, 4) is 5.75 Å². The molecule has 1 fully saturated rings. The molecule has 0 bridgehead atoms. The van der Waals surface area contributed by atoms with Gasteiger partial charge in [0.05, 0.1) is 33.0 Å². The highest BCUT2D eigenvalue weighted by atomic mass is 32.2. The minimum atomic E-state index is -0.121. The van der Waals surface area contributed by atoms with Gasteiger partial charge in [-0.1, -0.05) is 24.3 Å². The predicted octanol–water partition coefficient (Wildman–Crippen LogP) is 3.27. The molecule has 24 heavy (non-hydrogen) atoms. The maximum absolute atomic E-state index is 5.96. The monoisotopic (exact) mass is 350 g/mol. The quantitative estimate of drug-likeness (QED) is 0.586. The van der Waals surface area contributed by atoms with Gasteiger partial charge < -0.3 is 18.9 Å². The number of rotatable bonds is 8. The van der Waals surface area contributed by atoms with Crippen molar-refractivity contribution in [2.24, 2.45) is 0 Å². The van der Waals surface area contributed by atoms with Crippen molar-refractivity contribution in [3.05, 3.63) is 36.4 Å². The van der Waals surface area contributed by atoms with Crippen LogP contribution >= 0.6 is 10.9 Å². The average molecular weight is 350 g/mol. The highest BCUT2D eigenvalue weighted by Crippen LogP contribution is 2.43. The van der Waals surface area contributed by atoms with E-state index in [0.717, 1.165) is 30.5 Å². The first-order chi connectivity index (χ1) is 11.9. The molecule has 1 heterocycles. The minimum absolute atomic E-state index is 0.121. The van der Waals surface area contributed by atoms with E-state index in [1.165, 1.54) is 15.7 Å². The van der Waals surface area contributed by atoms with Crippen LogP contribution in [0.1, 0.15) is 0 Å². The summed E-state index contributed by atoms with van der Waals surface area (Å²) in [5.74, 6) is 3.26. The normalized spacial score (nSPS) is 16.5. The number of ether oxygens (including phenoxy) is 4. The summed E-state index contributed by atoms with van der Waals surface area (Å²) in [6.45, 7) is 4.12. The Morgan fingerprint density at radius 1 is 0.917 bits per heavy atom. The lowest BCUT2D eigenvalue weighted by molar-refractivity contribution is 0.0546. The number of hydrogen-bond acceptors (Lipinski definition) is 4. The van der Waals surface area contributed by atoms with Crippen LogP contribution in [-0.2, 0) is 14.2 Å². The third-order valence-electron chi connectivity index (χ3n) is 4.13. The van der Waals surface area contributed by atoms with Crippen LogP contribution in [0.15, 0.2) is 41.3 Å². The van der Waals surface area contributed by atoms with Gasteiger partial charge in [-0.25, -0.2) is 10.9 Å². The zero-order valence-corrected chi connectivity index (χ0v) is 15.1. The van der Waals surface area contributed by atoms with Crippen molar-refractivity contribution >= 4 is 21.7 Å². The molecule has 0 amide bonds. The lowest BCUT2D eigenvalue weighted by Crippen LogP contribution is -2.15. The molecule has 0 aliphatic carbocycles. The lowest BCUT2D eigenvalue weighted by atomic mass is 10.1. The van der Waals surface area contributed by atoms with E-state index in [2.05, 4.69) is 36.4 Å². The van der Waals surface area contributed by atoms with Crippen LogP contribution in [0.25, 0.3) is 10.8 Å². The number of benzene rings is 2. The molecule has 3 rings (SSSR count). The molecule has 0 atom stereocenters. The van der Waals surface area contributed by atoms with Crippen LogP contribution in [-0.4, -0.2) is 58.3 Å². The van der Waals surface area contributed by atoms with Gasteiger partial charge in [-0.2, -0.15) is 0 Å². The van der Waals surface area contributed by atoms with Crippen molar-refractivity contribution in [2.75, 3.05) is 58.3 Å². The van der Waals surface area contributed by atoms with Gasteiger partial charge in [-0.15, -0.1) is 0 Å². The van der Waals surface area contributed by atoms with Crippen LogP contribution in [0, 0.1) is 0 Å². The van der Waals surface area contributed by atoms with E-state index in [0.29, 0.717) is 26.4 Å². The fourth-order valence-corrected chi connectivity index (χ4v) is 5.14. The molecule has 0 saturated carbocycles. The molecule has 1 saturated heterocycles. The second-order valence-electron chi connectivity index (χ2n) is 5.68. The molecule has 0 spiro atoms. The van der Waals surface area contributed by atoms with Crippen LogP contribution in [0.2, 0.25) is 0 Å². The molecule has 132 valence electrons. The molecular formula is C19H26O4S. The van der Waals surface area contributed by atoms with Crippen molar-refractivity contribution in [1.29, 1.82) is 0 Å². The van der Waals surface area contributed by atoms with Gasteiger partial charge >= 0.3 is 0 Å². The minimum Gasteiger partial charge on any atom is -0.491 e. The Morgan fingerprint density at radius 2 is 1.67 bits per heavy atom. The smallest absolute Gasteiger partial charge is 0.127 e. The molecule has 4 nitrogen and oxygen atoms in total. The first-order valence-electron chi connectivity index (χ1n) is 8.44. The van der Waals surface area contributed by atoms with Crippen molar-refractivity contribution < 1.29 is 18.9 Å². The lowest BCUT2D eigenvalue weighted by Gasteiger charge is -2.28. The van der Waals surface area contributed by atoms with E-state index in [9.17, 15) is 0 Å². The largest absolute Gasteiger partial charge is 0.491 e. The summed E-state index contributed by atoms with van der Waals surface area (Å²) in [6.07, 6.45) is 0. The van der Waals surface area contributed by atoms with Crippen molar-refractivity contribution in [3.63, 3.8) is 0 Å². The maximum Gasteiger partial charge on any atom is 0.127 e. The molecule has 0 radical (unpaired) electrons. The van der Waals surface area contributed by atoms with Gasteiger partial charge in [-0.05, 0) is 22.4 Å². The third kappa shape index (κ3) is 4.42. The highest BCUT2D eigenvalue weighted by Gasteiger charge is 2.16. The first kappa shape index (κ1) is 17.5. The molecule has 0 N–H and O–H groups in total. The standard InChI is InChI=1S/C19H26O4S/c1-20-8-9-21-10-11-23-18-6-7-19(24-14-12-22-13-15-24)17-5-3-2-4-16(17)18/h2-7,24H,8-15H2,1H3. The Kier molecular flexibility index (Phi) is 6.78. The Bertz CT molecular complexity index is 640.